The van der Waals surface area contributed by atoms with Crippen molar-refractivity contribution in [1.29, 1.82) is 0 Å². The quantitative estimate of drug-likeness (QED) is 0.693. The highest BCUT2D eigenvalue weighted by atomic mass is 16.7. The van der Waals surface area contributed by atoms with Gasteiger partial charge in [0.1, 0.15) is 6.10 Å². The Hall–Kier alpha value is -2.97. The second kappa shape index (κ2) is 9.69. The molecule has 0 radical (unpaired) electrons. The average Bonchev–Trinajstić information content (AvgIpc) is 3.11. The molecule has 1 aromatic carbocycles. The fraction of sp³-hybridized carbons (Fsp3) is 0.571. The molecule has 1 saturated carbocycles. The summed E-state index contributed by atoms with van der Waals surface area (Å²) in [4.78, 5) is 30.3. The van der Waals surface area contributed by atoms with Crippen molar-refractivity contribution in [2.75, 3.05) is 0 Å². The van der Waals surface area contributed by atoms with Crippen molar-refractivity contribution in [3.8, 4) is 0 Å². The van der Waals surface area contributed by atoms with Crippen LogP contribution in [0.15, 0.2) is 23.2 Å². The van der Waals surface area contributed by atoms with Gasteiger partial charge in [0.2, 0.25) is 6.23 Å². The number of benzene rings is 1. The van der Waals surface area contributed by atoms with Gasteiger partial charge >= 0.3 is 6.16 Å². The molecule has 1 aliphatic carbocycles. The average molecular weight is 415 g/mol. The lowest BCUT2D eigenvalue weighted by Crippen LogP contribution is -2.30. The molecule has 3 rings (SSSR count). The molecule has 1 unspecified atom stereocenters. The van der Waals surface area contributed by atoms with E-state index in [1.807, 2.05) is 32.9 Å². The molecule has 0 bridgehead atoms. The van der Waals surface area contributed by atoms with Crippen molar-refractivity contribution < 1.29 is 19.1 Å². The molecule has 1 atom stereocenters. The van der Waals surface area contributed by atoms with Crippen LogP contribution in [0.5, 0.6) is 0 Å². The summed E-state index contributed by atoms with van der Waals surface area (Å²) in [7, 11) is 0. The van der Waals surface area contributed by atoms with E-state index in [0.29, 0.717) is 12.1 Å². The van der Waals surface area contributed by atoms with Crippen LogP contribution in [0.3, 0.4) is 0 Å². The van der Waals surface area contributed by atoms with Gasteiger partial charge in [0.25, 0.3) is 11.5 Å². The molecule has 1 fully saturated rings. The van der Waals surface area contributed by atoms with Crippen LogP contribution in [0, 0.1) is 13.8 Å². The number of rotatable bonds is 5. The molecule has 0 saturated heterocycles. The second-order valence-corrected chi connectivity index (χ2v) is 7.61. The fourth-order valence-electron chi connectivity index (χ4n) is 3.65. The largest absolute Gasteiger partial charge is 0.510 e. The summed E-state index contributed by atoms with van der Waals surface area (Å²) in [5, 5.41) is 8.02. The lowest BCUT2D eigenvalue weighted by Gasteiger charge is -2.22. The van der Waals surface area contributed by atoms with Crippen LogP contribution >= 0.6 is 0 Å². The van der Waals surface area contributed by atoms with E-state index in [4.69, 9.17) is 9.47 Å². The van der Waals surface area contributed by atoms with Crippen LogP contribution in [0.4, 0.5) is 4.79 Å². The lowest BCUT2D eigenvalue weighted by atomic mass is 9.98. The number of amides is 1. The van der Waals surface area contributed by atoms with E-state index in [0.717, 1.165) is 36.8 Å². The third-order valence-corrected chi connectivity index (χ3v) is 5.22. The normalized spacial score (nSPS) is 16.3. The van der Waals surface area contributed by atoms with E-state index in [9.17, 15) is 9.59 Å². The Balaban J connectivity index is 1.74. The Morgan fingerprint density at radius 2 is 1.97 bits per heavy atom. The molecule has 1 heterocycles. The van der Waals surface area contributed by atoms with Crippen molar-refractivity contribution in [3.05, 3.63) is 40.5 Å². The van der Waals surface area contributed by atoms with Gasteiger partial charge in [-0.25, -0.2) is 9.48 Å². The minimum absolute atomic E-state index is 0.0894. The Labute approximate surface area is 175 Å². The van der Waals surface area contributed by atoms with E-state index in [1.54, 1.807) is 17.7 Å². The predicted octanol–water partition coefficient (Wildman–Crippen LogP) is 3.46. The number of tetrazole rings is 1. The zero-order valence-corrected chi connectivity index (χ0v) is 18.0. The number of aromatic nitrogens is 4. The van der Waals surface area contributed by atoms with Crippen LogP contribution in [-0.4, -0.2) is 38.0 Å². The van der Waals surface area contributed by atoms with E-state index < -0.39 is 18.3 Å². The summed E-state index contributed by atoms with van der Waals surface area (Å²) in [6.45, 7) is 7.81. The van der Waals surface area contributed by atoms with E-state index in [-0.39, 0.29) is 11.7 Å². The molecule has 0 spiro atoms. The van der Waals surface area contributed by atoms with Gasteiger partial charge in [0.15, 0.2) is 0 Å². The standard InChI is InChI=1S/C21H29N5O4/c1-5-25-20(22-19(27)18-12-11-14(2)13-15(18)3)23-24-26(25)16(4)29-21(28)30-17-9-7-6-8-10-17/h11-13,16-17H,5-10H2,1-4H3. The molecule has 9 nitrogen and oxygen atoms in total. The van der Waals surface area contributed by atoms with Gasteiger partial charge < -0.3 is 9.47 Å². The van der Waals surface area contributed by atoms with Gasteiger partial charge in [-0.3, -0.25) is 4.79 Å². The van der Waals surface area contributed by atoms with Crippen LogP contribution < -0.4 is 5.62 Å². The molecular weight excluding hydrogens is 386 g/mol. The van der Waals surface area contributed by atoms with Crippen LogP contribution in [0.1, 0.15) is 73.7 Å². The van der Waals surface area contributed by atoms with Crippen molar-refractivity contribution in [1.82, 2.24) is 19.8 Å². The highest BCUT2D eigenvalue weighted by molar-refractivity contribution is 5.96. The van der Waals surface area contributed by atoms with Crippen molar-refractivity contribution >= 4 is 12.1 Å². The summed E-state index contributed by atoms with van der Waals surface area (Å²) in [5.74, 6) is -0.396. The van der Waals surface area contributed by atoms with Gasteiger partial charge in [-0.2, -0.15) is 4.99 Å². The van der Waals surface area contributed by atoms with Crippen molar-refractivity contribution in [3.63, 3.8) is 0 Å². The molecule has 1 amide bonds. The Morgan fingerprint density at radius 1 is 1.23 bits per heavy atom. The van der Waals surface area contributed by atoms with Crippen LogP contribution in [0.25, 0.3) is 0 Å². The first-order valence-corrected chi connectivity index (χ1v) is 10.4. The summed E-state index contributed by atoms with van der Waals surface area (Å²) >= 11 is 0. The van der Waals surface area contributed by atoms with E-state index in [2.05, 4.69) is 15.3 Å². The number of nitrogens with zero attached hydrogens (tertiary/aromatic N) is 5. The summed E-state index contributed by atoms with van der Waals surface area (Å²) in [6.07, 6.45) is 3.46. The molecule has 1 aromatic heterocycles. The molecule has 30 heavy (non-hydrogen) atoms. The van der Waals surface area contributed by atoms with Crippen LogP contribution in [0.2, 0.25) is 0 Å². The maximum atomic E-state index is 12.6. The minimum atomic E-state index is -0.756. The minimum Gasteiger partial charge on any atom is -0.431 e. The third kappa shape index (κ3) is 5.14. The number of aryl methyl sites for hydroxylation is 2. The molecule has 1 aliphatic rings. The molecule has 2 aromatic rings. The zero-order chi connectivity index (χ0) is 21.7. The summed E-state index contributed by atoms with van der Waals surface area (Å²) < 4.78 is 12.4. The Kier molecular flexibility index (Phi) is 7.02. The van der Waals surface area contributed by atoms with E-state index in [1.165, 1.54) is 11.2 Å². The lowest BCUT2D eigenvalue weighted by molar-refractivity contribution is -0.0374. The SMILES string of the molecule is CCn1c(=NC(=O)c2ccc(C)cc2C)nnn1C(C)OC(=O)OC1CCCCC1. The predicted molar refractivity (Wildman–Crippen MR) is 109 cm³/mol. The summed E-state index contributed by atoms with van der Waals surface area (Å²) in [6, 6.07) is 5.56. The fourth-order valence-corrected chi connectivity index (χ4v) is 3.65. The second-order valence-electron chi connectivity index (χ2n) is 7.61. The van der Waals surface area contributed by atoms with Crippen LogP contribution in [-0.2, 0) is 16.0 Å². The summed E-state index contributed by atoms with van der Waals surface area (Å²) in [5.41, 5.74) is 2.59. The maximum Gasteiger partial charge on any atom is 0.510 e. The molecule has 162 valence electrons. The first-order valence-electron chi connectivity index (χ1n) is 10.4. The highest BCUT2D eigenvalue weighted by Gasteiger charge is 2.22. The maximum absolute atomic E-state index is 12.6. The number of carbonyl (C=O) groups excluding carboxylic acids is 2. The van der Waals surface area contributed by atoms with E-state index >= 15 is 0 Å². The topological polar surface area (TPSA) is 101 Å². The Bertz CT molecular complexity index is 972. The molecule has 9 heteroatoms. The monoisotopic (exact) mass is 415 g/mol. The van der Waals surface area contributed by atoms with Gasteiger partial charge in [0, 0.05) is 12.1 Å². The third-order valence-electron chi connectivity index (χ3n) is 5.22. The van der Waals surface area contributed by atoms with Crippen molar-refractivity contribution in [2.45, 2.75) is 78.7 Å². The molecule has 0 N–H and O–H groups in total. The van der Waals surface area contributed by atoms with Gasteiger partial charge in [0.05, 0.1) is 0 Å². The smallest absolute Gasteiger partial charge is 0.431 e. The number of hydrogen-bond donors (Lipinski definition) is 0. The first kappa shape index (κ1) is 21.7. The molecule has 0 aliphatic heterocycles. The zero-order valence-electron chi connectivity index (χ0n) is 18.0. The highest BCUT2D eigenvalue weighted by Crippen LogP contribution is 2.21. The van der Waals surface area contributed by atoms with Crippen molar-refractivity contribution in [2.24, 2.45) is 4.99 Å². The first-order chi connectivity index (χ1) is 14.4. The van der Waals surface area contributed by atoms with Gasteiger partial charge in [-0.1, -0.05) is 29.2 Å². The number of ether oxygens (including phenoxy) is 2. The van der Waals surface area contributed by atoms with Gasteiger partial charge in [-0.05, 0) is 70.2 Å². The van der Waals surface area contributed by atoms with Gasteiger partial charge in [-0.15, -0.1) is 4.80 Å². The molecular formula is C21H29N5O4. The number of carbonyl (C=O) groups is 2. The number of hydrogen-bond acceptors (Lipinski definition) is 6. The Morgan fingerprint density at radius 3 is 2.63 bits per heavy atom.